The highest BCUT2D eigenvalue weighted by Gasteiger charge is 2.39. The predicted molar refractivity (Wildman–Crippen MR) is 102 cm³/mol. The molecule has 3 heterocycles. The first kappa shape index (κ1) is 18.0. The summed E-state index contributed by atoms with van der Waals surface area (Å²) in [5, 5.41) is 5.40. The number of aromatic nitrogens is 1. The Morgan fingerprint density at radius 2 is 2.04 bits per heavy atom. The van der Waals surface area contributed by atoms with Gasteiger partial charge < -0.3 is 15.0 Å². The highest BCUT2D eigenvalue weighted by molar-refractivity contribution is 6.06. The normalized spacial score (nSPS) is 17.5. The second-order valence-corrected chi connectivity index (χ2v) is 6.75. The average molecular weight is 380 g/mol. The van der Waals surface area contributed by atoms with Gasteiger partial charge in [-0.3, -0.25) is 10.1 Å². The van der Waals surface area contributed by atoms with Crippen LogP contribution in [0.25, 0.3) is 0 Å². The van der Waals surface area contributed by atoms with E-state index < -0.39 is 12.0 Å². The van der Waals surface area contributed by atoms with Crippen molar-refractivity contribution in [3.63, 3.8) is 0 Å². The Morgan fingerprint density at radius 1 is 1.18 bits per heavy atom. The van der Waals surface area contributed by atoms with Gasteiger partial charge in [0.2, 0.25) is 0 Å². The first-order valence-corrected chi connectivity index (χ1v) is 9.15. The minimum atomic E-state index is -0.590. The molecule has 1 fully saturated rings. The molecule has 2 aliphatic rings. The molecule has 3 amide bonds. The highest BCUT2D eigenvalue weighted by Crippen LogP contribution is 2.43. The Morgan fingerprint density at radius 3 is 2.86 bits per heavy atom. The number of nitrogens with one attached hydrogen (secondary N) is 2. The van der Waals surface area contributed by atoms with E-state index in [9.17, 15) is 14.4 Å². The van der Waals surface area contributed by atoms with E-state index in [0.717, 1.165) is 31.4 Å². The number of carbonyl (C=O) groups excluding carboxylic acids is 3. The second-order valence-electron chi connectivity index (χ2n) is 6.75. The molecule has 0 saturated carbocycles. The van der Waals surface area contributed by atoms with Crippen LogP contribution in [0.15, 0.2) is 36.5 Å². The van der Waals surface area contributed by atoms with E-state index in [1.165, 1.54) is 19.4 Å². The maximum Gasteiger partial charge on any atom is 0.341 e. The van der Waals surface area contributed by atoms with Crippen molar-refractivity contribution in [1.82, 2.24) is 9.88 Å². The number of piperidine rings is 1. The molecule has 0 radical (unpaired) electrons. The average Bonchev–Trinajstić information content (AvgIpc) is 3.01. The number of hydrogen-bond acceptors (Lipinski definition) is 5. The smallest absolute Gasteiger partial charge is 0.341 e. The third-order valence-corrected chi connectivity index (χ3v) is 5.13. The summed E-state index contributed by atoms with van der Waals surface area (Å²) in [6.07, 6.45) is 4.40. The molecule has 2 aliphatic heterocycles. The quantitative estimate of drug-likeness (QED) is 0.797. The summed E-state index contributed by atoms with van der Waals surface area (Å²) in [7, 11) is 1.26. The van der Waals surface area contributed by atoms with Gasteiger partial charge in [0.15, 0.2) is 0 Å². The second kappa shape index (κ2) is 7.30. The zero-order chi connectivity index (χ0) is 19.7. The number of esters is 1. The van der Waals surface area contributed by atoms with Crippen molar-refractivity contribution in [2.24, 2.45) is 0 Å². The Hall–Kier alpha value is -3.42. The molecule has 8 nitrogen and oxygen atoms in total. The maximum absolute atomic E-state index is 12.6. The molecule has 0 spiro atoms. The molecule has 1 atom stereocenters. The zero-order valence-corrected chi connectivity index (χ0v) is 15.4. The third-order valence-electron chi connectivity index (χ3n) is 5.13. The van der Waals surface area contributed by atoms with Crippen LogP contribution in [-0.2, 0) is 4.74 Å². The number of amides is 3. The van der Waals surface area contributed by atoms with E-state index in [4.69, 9.17) is 4.74 Å². The largest absolute Gasteiger partial charge is 0.465 e. The van der Waals surface area contributed by atoms with E-state index in [2.05, 4.69) is 15.6 Å². The molecule has 0 aliphatic carbocycles. The summed E-state index contributed by atoms with van der Waals surface area (Å²) in [4.78, 5) is 43.0. The standard InChI is InChI=1S/C20H20N4O4/c1-28-19(26)13-7-5-10-21-17(13)23-20(27)22-14-8-4-6-12-16(14)15-9-2-3-11-24(15)18(12)25/h4-8,10,15H,2-3,9,11H2,1H3,(H2,21,22,23,27). The van der Waals surface area contributed by atoms with Gasteiger partial charge >= 0.3 is 12.0 Å². The van der Waals surface area contributed by atoms with Crippen molar-refractivity contribution in [2.75, 3.05) is 24.3 Å². The summed E-state index contributed by atoms with van der Waals surface area (Å²) >= 11 is 0. The molecular weight excluding hydrogens is 360 g/mol. The number of pyridine rings is 1. The summed E-state index contributed by atoms with van der Waals surface area (Å²) in [5.41, 5.74) is 2.25. The number of anilines is 2. The van der Waals surface area contributed by atoms with Gasteiger partial charge in [-0.05, 0) is 43.5 Å². The fraction of sp³-hybridized carbons (Fsp3) is 0.300. The summed E-state index contributed by atoms with van der Waals surface area (Å²) in [6, 6.07) is 7.89. The fourth-order valence-corrected chi connectivity index (χ4v) is 3.89. The van der Waals surface area contributed by atoms with Crippen molar-refractivity contribution < 1.29 is 19.1 Å². The number of rotatable bonds is 3. The molecule has 8 heteroatoms. The van der Waals surface area contributed by atoms with E-state index >= 15 is 0 Å². The minimum Gasteiger partial charge on any atom is -0.465 e. The summed E-state index contributed by atoms with van der Waals surface area (Å²) in [6.45, 7) is 0.736. The molecule has 28 heavy (non-hydrogen) atoms. The van der Waals surface area contributed by atoms with Crippen LogP contribution in [0.2, 0.25) is 0 Å². The lowest BCUT2D eigenvalue weighted by atomic mass is 9.96. The molecular formula is C20H20N4O4. The summed E-state index contributed by atoms with van der Waals surface area (Å²) in [5.74, 6) is -0.469. The monoisotopic (exact) mass is 380 g/mol. The van der Waals surface area contributed by atoms with Crippen LogP contribution >= 0.6 is 0 Å². The summed E-state index contributed by atoms with van der Waals surface area (Å²) < 4.78 is 4.71. The fourth-order valence-electron chi connectivity index (χ4n) is 3.89. The van der Waals surface area contributed by atoms with Gasteiger partial charge in [-0.2, -0.15) is 0 Å². The van der Waals surface area contributed by atoms with Gasteiger partial charge in [0, 0.05) is 29.6 Å². The maximum atomic E-state index is 12.6. The SMILES string of the molecule is COC(=O)c1cccnc1NC(=O)Nc1cccc2c1C1CCCCN1C2=O. The zero-order valence-electron chi connectivity index (χ0n) is 15.4. The number of urea groups is 1. The lowest BCUT2D eigenvalue weighted by Gasteiger charge is -2.30. The van der Waals surface area contributed by atoms with E-state index in [-0.39, 0.29) is 23.3 Å². The van der Waals surface area contributed by atoms with Gasteiger partial charge in [0.1, 0.15) is 11.4 Å². The number of nitrogens with zero attached hydrogens (tertiary/aromatic N) is 2. The first-order valence-electron chi connectivity index (χ1n) is 9.15. The van der Waals surface area contributed by atoms with Crippen LogP contribution in [0.4, 0.5) is 16.3 Å². The topological polar surface area (TPSA) is 101 Å². The molecule has 1 saturated heterocycles. The van der Waals surface area contributed by atoms with Gasteiger partial charge in [-0.15, -0.1) is 0 Å². The van der Waals surface area contributed by atoms with Gasteiger partial charge in [0.05, 0.1) is 13.2 Å². The number of ether oxygens (including phenoxy) is 1. The molecule has 2 aromatic rings. The number of hydrogen-bond donors (Lipinski definition) is 2. The Kier molecular flexibility index (Phi) is 4.68. The Bertz CT molecular complexity index is 959. The van der Waals surface area contributed by atoms with Crippen molar-refractivity contribution in [2.45, 2.75) is 25.3 Å². The molecule has 4 rings (SSSR count). The van der Waals surface area contributed by atoms with Gasteiger partial charge in [-0.25, -0.2) is 14.6 Å². The highest BCUT2D eigenvalue weighted by atomic mass is 16.5. The van der Waals surface area contributed by atoms with Gasteiger partial charge in [0.25, 0.3) is 5.91 Å². The Labute approximate surface area is 161 Å². The molecule has 1 unspecified atom stereocenters. The van der Waals surface area contributed by atoms with Crippen molar-refractivity contribution in [1.29, 1.82) is 0 Å². The molecule has 0 bridgehead atoms. The van der Waals surface area contributed by atoms with Crippen LogP contribution in [0, 0.1) is 0 Å². The van der Waals surface area contributed by atoms with Crippen molar-refractivity contribution >= 4 is 29.4 Å². The van der Waals surface area contributed by atoms with Gasteiger partial charge in [-0.1, -0.05) is 6.07 Å². The molecule has 144 valence electrons. The molecule has 1 aromatic carbocycles. The van der Waals surface area contributed by atoms with E-state index in [1.54, 1.807) is 24.3 Å². The third kappa shape index (κ3) is 3.06. The van der Waals surface area contributed by atoms with Crippen molar-refractivity contribution in [3.05, 3.63) is 53.2 Å². The number of fused-ring (bicyclic) bond motifs is 3. The van der Waals surface area contributed by atoms with Crippen LogP contribution in [0.3, 0.4) is 0 Å². The number of methoxy groups -OCH3 is 1. The lowest BCUT2D eigenvalue weighted by molar-refractivity contribution is 0.0600. The Balaban J connectivity index is 1.58. The van der Waals surface area contributed by atoms with Crippen LogP contribution in [-0.4, -0.2) is 41.4 Å². The van der Waals surface area contributed by atoms with Crippen LogP contribution < -0.4 is 10.6 Å². The van der Waals surface area contributed by atoms with E-state index in [1.807, 2.05) is 4.90 Å². The molecule has 1 aromatic heterocycles. The first-order chi connectivity index (χ1) is 13.6. The van der Waals surface area contributed by atoms with E-state index in [0.29, 0.717) is 11.3 Å². The van der Waals surface area contributed by atoms with Crippen molar-refractivity contribution in [3.8, 4) is 0 Å². The number of carbonyl (C=O) groups is 3. The van der Waals surface area contributed by atoms with Crippen LogP contribution in [0.1, 0.15) is 51.6 Å². The number of benzene rings is 1. The lowest BCUT2D eigenvalue weighted by Crippen LogP contribution is -2.32. The minimum absolute atomic E-state index is 0.00627. The molecule has 2 N–H and O–H groups in total. The predicted octanol–water partition coefficient (Wildman–Crippen LogP) is 3.19. The van der Waals surface area contributed by atoms with Crippen LogP contribution in [0.5, 0.6) is 0 Å².